The molecule has 1 rings (SSSR count). The van der Waals surface area contributed by atoms with Crippen molar-refractivity contribution in [3.63, 3.8) is 0 Å². The molecular weight excluding hydrogens is 304 g/mol. The Bertz CT molecular complexity index is 401. The van der Waals surface area contributed by atoms with E-state index in [4.69, 9.17) is 14.9 Å². The fourth-order valence-electron chi connectivity index (χ4n) is 1.29. The molecule has 0 unspecified atom stereocenters. The van der Waals surface area contributed by atoms with E-state index >= 15 is 0 Å². The maximum absolute atomic E-state index is 11.0. The molecule has 0 atom stereocenters. The normalized spacial score (nSPS) is 10.3. The zero-order valence-corrected chi connectivity index (χ0v) is 11.3. The van der Waals surface area contributed by atoms with Gasteiger partial charge in [-0.15, -0.1) is 0 Å². The molecule has 6 nitrogen and oxygen atoms in total. The van der Waals surface area contributed by atoms with Crippen LogP contribution in [0, 0.1) is 0 Å². The van der Waals surface area contributed by atoms with Gasteiger partial charge in [-0.25, -0.2) is 9.78 Å². The molecule has 0 spiro atoms. The SMILES string of the molecule is O=C(O)c1cc(Br)cnc1NCCCOCCO. The highest BCUT2D eigenvalue weighted by molar-refractivity contribution is 9.10. The van der Waals surface area contributed by atoms with Crippen LogP contribution < -0.4 is 5.32 Å². The molecule has 0 aromatic carbocycles. The molecule has 100 valence electrons. The van der Waals surface area contributed by atoms with Crippen LogP contribution in [-0.2, 0) is 4.74 Å². The first kappa shape index (κ1) is 14.9. The lowest BCUT2D eigenvalue weighted by molar-refractivity contribution is 0.0697. The summed E-state index contributed by atoms with van der Waals surface area (Å²) < 4.78 is 5.71. The topological polar surface area (TPSA) is 91.7 Å². The van der Waals surface area contributed by atoms with Gasteiger partial charge in [-0.2, -0.15) is 0 Å². The molecular formula is C11H15BrN2O4. The number of carbonyl (C=O) groups is 1. The number of aliphatic hydroxyl groups excluding tert-OH is 1. The van der Waals surface area contributed by atoms with Crippen LogP contribution in [0.1, 0.15) is 16.8 Å². The number of aromatic carboxylic acids is 1. The van der Waals surface area contributed by atoms with E-state index in [-0.39, 0.29) is 12.2 Å². The number of carboxylic acid groups (broad SMARTS) is 1. The number of nitrogens with one attached hydrogen (secondary N) is 1. The Labute approximate surface area is 113 Å². The second kappa shape index (κ2) is 8.02. The molecule has 0 amide bonds. The molecule has 0 aliphatic rings. The van der Waals surface area contributed by atoms with Crippen molar-refractivity contribution in [3.8, 4) is 0 Å². The number of hydrogen-bond acceptors (Lipinski definition) is 5. The van der Waals surface area contributed by atoms with Crippen molar-refractivity contribution in [2.24, 2.45) is 0 Å². The van der Waals surface area contributed by atoms with Gasteiger partial charge in [0.2, 0.25) is 0 Å². The van der Waals surface area contributed by atoms with Crippen molar-refractivity contribution in [2.75, 3.05) is 31.7 Å². The number of ether oxygens (including phenoxy) is 1. The zero-order chi connectivity index (χ0) is 13.4. The first-order valence-corrected chi connectivity index (χ1v) is 6.25. The van der Waals surface area contributed by atoms with E-state index in [1.165, 1.54) is 12.3 Å². The summed E-state index contributed by atoms with van der Waals surface area (Å²) in [7, 11) is 0. The quantitative estimate of drug-likeness (QED) is 0.627. The Kier molecular flexibility index (Phi) is 6.63. The minimum atomic E-state index is -1.03. The number of aliphatic hydroxyl groups is 1. The second-order valence-corrected chi connectivity index (χ2v) is 4.39. The van der Waals surface area contributed by atoms with E-state index in [9.17, 15) is 4.79 Å². The van der Waals surface area contributed by atoms with Crippen molar-refractivity contribution in [3.05, 3.63) is 22.3 Å². The van der Waals surface area contributed by atoms with E-state index < -0.39 is 5.97 Å². The third kappa shape index (κ3) is 4.99. The summed E-state index contributed by atoms with van der Waals surface area (Å²) in [5.74, 6) is -0.685. The van der Waals surface area contributed by atoms with Crippen LogP contribution >= 0.6 is 15.9 Å². The van der Waals surface area contributed by atoms with Crippen molar-refractivity contribution >= 4 is 27.7 Å². The highest BCUT2D eigenvalue weighted by atomic mass is 79.9. The second-order valence-electron chi connectivity index (χ2n) is 3.47. The fourth-order valence-corrected chi connectivity index (χ4v) is 1.62. The average Bonchev–Trinajstić information content (AvgIpc) is 2.35. The van der Waals surface area contributed by atoms with E-state index in [0.717, 1.165) is 0 Å². The number of carboxylic acids is 1. The van der Waals surface area contributed by atoms with Gasteiger partial charge in [0, 0.05) is 23.8 Å². The van der Waals surface area contributed by atoms with Crippen LogP contribution in [0.2, 0.25) is 0 Å². The smallest absolute Gasteiger partial charge is 0.339 e. The Hall–Kier alpha value is -1.18. The highest BCUT2D eigenvalue weighted by Crippen LogP contribution is 2.17. The van der Waals surface area contributed by atoms with Gasteiger partial charge in [0.25, 0.3) is 0 Å². The Morgan fingerprint density at radius 1 is 1.50 bits per heavy atom. The number of aromatic nitrogens is 1. The first-order valence-electron chi connectivity index (χ1n) is 5.46. The molecule has 1 aromatic rings. The highest BCUT2D eigenvalue weighted by Gasteiger charge is 2.11. The summed E-state index contributed by atoms with van der Waals surface area (Å²) in [4.78, 5) is 15.0. The molecule has 0 saturated carbocycles. The molecule has 1 heterocycles. The molecule has 0 fully saturated rings. The molecule has 0 bridgehead atoms. The lowest BCUT2D eigenvalue weighted by atomic mass is 10.2. The summed E-state index contributed by atoms with van der Waals surface area (Å²) in [5.41, 5.74) is 0.126. The third-order valence-electron chi connectivity index (χ3n) is 2.08. The molecule has 0 aliphatic carbocycles. The molecule has 18 heavy (non-hydrogen) atoms. The van der Waals surface area contributed by atoms with Crippen LogP contribution in [0.25, 0.3) is 0 Å². The van der Waals surface area contributed by atoms with Gasteiger partial charge in [-0.05, 0) is 28.4 Å². The van der Waals surface area contributed by atoms with Gasteiger partial charge < -0.3 is 20.3 Å². The summed E-state index contributed by atoms with van der Waals surface area (Å²) in [6.45, 7) is 1.38. The molecule has 0 radical (unpaired) electrons. The Morgan fingerprint density at radius 3 is 2.94 bits per heavy atom. The van der Waals surface area contributed by atoms with Crippen LogP contribution in [0.3, 0.4) is 0 Å². The lowest BCUT2D eigenvalue weighted by Crippen LogP contribution is -2.12. The van der Waals surface area contributed by atoms with Gasteiger partial charge in [0.1, 0.15) is 11.4 Å². The van der Waals surface area contributed by atoms with Crippen molar-refractivity contribution < 1.29 is 19.7 Å². The van der Waals surface area contributed by atoms with Gasteiger partial charge >= 0.3 is 5.97 Å². The van der Waals surface area contributed by atoms with Crippen LogP contribution in [-0.4, -0.2) is 47.5 Å². The van der Waals surface area contributed by atoms with E-state index in [0.29, 0.717) is 36.5 Å². The van der Waals surface area contributed by atoms with Crippen LogP contribution in [0.4, 0.5) is 5.82 Å². The third-order valence-corrected chi connectivity index (χ3v) is 2.51. The number of halogens is 1. The largest absolute Gasteiger partial charge is 0.478 e. The summed E-state index contributed by atoms with van der Waals surface area (Å²) in [6.07, 6.45) is 2.24. The maximum Gasteiger partial charge on any atom is 0.339 e. The molecule has 1 aromatic heterocycles. The molecule has 0 aliphatic heterocycles. The van der Waals surface area contributed by atoms with Gasteiger partial charge in [-0.1, -0.05) is 0 Å². The Morgan fingerprint density at radius 2 is 2.28 bits per heavy atom. The van der Waals surface area contributed by atoms with Crippen molar-refractivity contribution in [2.45, 2.75) is 6.42 Å². The van der Waals surface area contributed by atoms with E-state index in [2.05, 4.69) is 26.2 Å². The standard InChI is InChI=1S/C11H15BrN2O4/c12-8-6-9(11(16)17)10(14-7-8)13-2-1-4-18-5-3-15/h6-7,15H,1-5H2,(H,13,14)(H,16,17). The van der Waals surface area contributed by atoms with Gasteiger partial charge in [0.15, 0.2) is 0 Å². The number of rotatable bonds is 8. The van der Waals surface area contributed by atoms with E-state index in [1.54, 1.807) is 0 Å². The first-order chi connectivity index (χ1) is 8.65. The predicted molar refractivity (Wildman–Crippen MR) is 69.9 cm³/mol. The number of hydrogen-bond donors (Lipinski definition) is 3. The monoisotopic (exact) mass is 318 g/mol. The van der Waals surface area contributed by atoms with E-state index in [1.807, 2.05) is 0 Å². The molecule has 7 heteroatoms. The summed E-state index contributed by atoms with van der Waals surface area (Å²) in [5, 5.41) is 20.5. The number of nitrogens with zero attached hydrogens (tertiary/aromatic N) is 1. The number of pyridine rings is 1. The van der Waals surface area contributed by atoms with Crippen molar-refractivity contribution in [1.82, 2.24) is 4.98 Å². The minimum Gasteiger partial charge on any atom is -0.478 e. The summed E-state index contributed by atoms with van der Waals surface area (Å²) >= 11 is 3.18. The number of anilines is 1. The minimum absolute atomic E-state index is 0.00482. The zero-order valence-electron chi connectivity index (χ0n) is 9.73. The van der Waals surface area contributed by atoms with Gasteiger partial charge in [-0.3, -0.25) is 0 Å². The predicted octanol–water partition coefficient (Wildman–Crippen LogP) is 1.35. The van der Waals surface area contributed by atoms with Gasteiger partial charge in [0.05, 0.1) is 13.2 Å². The molecule has 3 N–H and O–H groups in total. The maximum atomic E-state index is 11.0. The summed E-state index contributed by atoms with van der Waals surface area (Å²) in [6, 6.07) is 1.50. The average molecular weight is 319 g/mol. The van der Waals surface area contributed by atoms with Crippen LogP contribution in [0.15, 0.2) is 16.7 Å². The van der Waals surface area contributed by atoms with Crippen LogP contribution in [0.5, 0.6) is 0 Å². The lowest BCUT2D eigenvalue weighted by Gasteiger charge is -2.08. The fraction of sp³-hybridized carbons (Fsp3) is 0.455. The van der Waals surface area contributed by atoms with Crippen molar-refractivity contribution in [1.29, 1.82) is 0 Å². The Balaban J connectivity index is 2.44. The molecule has 0 saturated heterocycles.